The summed E-state index contributed by atoms with van der Waals surface area (Å²) < 4.78 is 5.94. The van der Waals surface area contributed by atoms with E-state index in [1.165, 1.54) is 0 Å². The van der Waals surface area contributed by atoms with Crippen LogP contribution in [-0.4, -0.2) is 7.11 Å². The zero-order chi connectivity index (χ0) is 9.14. The van der Waals surface area contributed by atoms with Crippen molar-refractivity contribution in [2.24, 2.45) is 0 Å². The zero-order valence-corrected chi connectivity index (χ0v) is 9.45. The highest BCUT2D eigenvalue weighted by molar-refractivity contribution is 9.10. The van der Waals surface area contributed by atoms with E-state index in [0.29, 0.717) is 0 Å². The van der Waals surface area contributed by atoms with Gasteiger partial charge in [-0.3, -0.25) is 0 Å². The molecule has 0 spiro atoms. The number of halogens is 3. The molecule has 1 aromatic rings. The van der Waals surface area contributed by atoms with Crippen LogP contribution in [0.2, 0.25) is 0 Å². The Morgan fingerprint density at radius 1 is 1.33 bits per heavy atom. The SMILES string of the molecule is COc1cc(Br)cc(C(Cl)Cl)c1. The molecule has 0 saturated heterocycles. The van der Waals surface area contributed by atoms with Crippen LogP contribution in [0.1, 0.15) is 10.4 Å². The van der Waals surface area contributed by atoms with Crippen molar-refractivity contribution < 1.29 is 4.74 Å². The molecular formula is C8H7BrCl2O. The van der Waals surface area contributed by atoms with Gasteiger partial charge in [0.2, 0.25) is 0 Å². The topological polar surface area (TPSA) is 9.23 Å². The second-order valence-electron chi connectivity index (χ2n) is 2.23. The monoisotopic (exact) mass is 268 g/mol. The fourth-order valence-electron chi connectivity index (χ4n) is 0.828. The fraction of sp³-hybridized carbons (Fsp3) is 0.250. The maximum absolute atomic E-state index is 5.69. The van der Waals surface area contributed by atoms with E-state index in [1.807, 2.05) is 12.1 Å². The molecule has 0 N–H and O–H groups in total. The molecular weight excluding hydrogens is 263 g/mol. The van der Waals surface area contributed by atoms with Gasteiger partial charge in [0.1, 0.15) is 10.6 Å². The summed E-state index contributed by atoms with van der Waals surface area (Å²) in [5.41, 5.74) is 0.824. The third kappa shape index (κ3) is 2.54. The van der Waals surface area contributed by atoms with Gasteiger partial charge in [0.15, 0.2) is 0 Å². The van der Waals surface area contributed by atoms with Crippen LogP contribution in [0.4, 0.5) is 0 Å². The van der Waals surface area contributed by atoms with E-state index in [-0.39, 0.29) is 0 Å². The average molecular weight is 270 g/mol. The quantitative estimate of drug-likeness (QED) is 0.739. The molecule has 0 radical (unpaired) electrons. The predicted octanol–water partition coefficient (Wildman–Crippen LogP) is 3.93. The van der Waals surface area contributed by atoms with E-state index in [1.54, 1.807) is 13.2 Å². The number of methoxy groups -OCH3 is 1. The van der Waals surface area contributed by atoms with E-state index in [4.69, 9.17) is 27.9 Å². The molecule has 0 aliphatic heterocycles. The molecule has 0 aliphatic rings. The minimum absolute atomic E-state index is 0.517. The lowest BCUT2D eigenvalue weighted by atomic mass is 10.2. The Bertz CT molecular complexity index is 276. The number of hydrogen-bond donors (Lipinski definition) is 0. The molecule has 66 valence electrons. The molecule has 0 aliphatic carbocycles. The summed E-state index contributed by atoms with van der Waals surface area (Å²) in [5.74, 6) is 0.741. The number of hydrogen-bond acceptors (Lipinski definition) is 1. The number of alkyl halides is 2. The Hall–Kier alpha value is 0.0800. The van der Waals surface area contributed by atoms with Crippen LogP contribution in [0.3, 0.4) is 0 Å². The maximum Gasteiger partial charge on any atom is 0.132 e. The van der Waals surface area contributed by atoms with Gasteiger partial charge >= 0.3 is 0 Å². The maximum atomic E-state index is 5.69. The lowest BCUT2D eigenvalue weighted by Crippen LogP contribution is -1.86. The minimum atomic E-state index is -0.517. The Kier molecular flexibility index (Phi) is 3.69. The highest BCUT2D eigenvalue weighted by atomic mass is 79.9. The second kappa shape index (κ2) is 4.35. The van der Waals surface area contributed by atoms with E-state index >= 15 is 0 Å². The summed E-state index contributed by atoms with van der Waals surface area (Å²) in [6.07, 6.45) is 0. The Morgan fingerprint density at radius 3 is 2.50 bits per heavy atom. The Labute approximate surface area is 89.7 Å². The Balaban J connectivity index is 3.06. The summed E-state index contributed by atoms with van der Waals surface area (Å²) in [6, 6.07) is 5.50. The lowest BCUT2D eigenvalue weighted by molar-refractivity contribution is 0.414. The number of ether oxygens (including phenoxy) is 1. The smallest absolute Gasteiger partial charge is 0.132 e. The third-order valence-corrected chi connectivity index (χ3v) is 2.34. The zero-order valence-electron chi connectivity index (χ0n) is 6.35. The van der Waals surface area contributed by atoms with Gasteiger partial charge in [-0.25, -0.2) is 0 Å². The van der Waals surface area contributed by atoms with Crippen LogP contribution in [0.25, 0.3) is 0 Å². The van der Waals surface area contributed by atoms with E-state index in [0.717, 1.165) is 15.8 Å². The first-order chi connectivity index (χ1) is 5.63. The lowest BCUT2D eigenvalue weighted by Gasteiger charge is -2.05. The summed E-state index contributed by atoms with van der Waals surface area (Å²) >= 11 is 14.7. The molecule has 1 nitrogen and oxygen atoms in total. The van der Waals surface area contributed by atoms with E-state index < -0.39 is 4.84 Å². The van der Waals surface area contributed by atoms with Crippen LogP contribution in [0.5, 0.6) is 5.75 Å². The van der Waals surface area contributed by atoms with Gasteiger partial charge in [0.05, 0.1) is 7.11 Å². The van der Waals surface area contributed by atoms with Crippen molar-refractivity contribution in [3.63, 3.8) is 0 Å². The molecule has 0 bridgehead atoms. The first-order valence-electron chi connectivity index (χ1n) is 3.26. The van der Waals surface area contributed by atoms with Gasteiger partial charge in [-0.15, -0.1) is 23.2 Å². The van der Waals surface area contributed by atoms with Crippen molar-refractivity contribution in [3.05, 3.63) is 28.2 Å². The first kappa shape index (κ1) is 10.2. The standard InChI is InChI=1S/C8H7BrCl2O/c1-12-7-3-5(8(10)11)2-6(9)4-7/h2-4,8H,1H3. The van der Waals surface area contributed by atoms with Crippen LogP contribution in [0, 0.1) is 0 Å². The first-order valence-corrected chi connectivity index (χ1v) is 4.92. The van der Waals surface area contributed by atoms with E-state index in [9.17, 15) is 0 Å². The molecule has 0 fully saturated rings. The highest BCUT2D eigenvalue weighted by Crippen LogP contribution is 2.30. The van der Waals surface area contributed by atoms with Gasteiger partial charge in [-0.2, -0.15) is 0 Å². The number of rotatable bonds is 2. The highest BCUT2D eigenvalue weighted by Gasteiger charge is 2.05. The molecule has 0 atom stereocenters. The van der Waals surface area contributed by atoms with Gasteiger partial charge < -0.3 is 4.74 Å². The molecule has 1 rings (SSSR count). The molecule has 0 saturated carbocycles. The average Bonchev–Trinajstić information content (AvgIpc) is 2.03. The summed E-state index contributed by atoms with van der Waals surface area (Å²) in [4.78, 5) is -0.517. The van der Waals surface area contributed by atoms with Crippen LogP contribution in [-0.2, 0) is 0 Å². The van der Waals surface area contributed by atoms with Crippen molar-refractivity contribution >= 4 is 39.1 Å². The molecule has 0 heterocycles. The normalized spacial score (nSPS) is 10.4. The van der Waals surface area contributed by atoms with Crippen LogP contribution < -0.4 is 4.74 Å². The van der Waals surface area contributed by atoms with Gasteiger partial charge in [0.25, 0.3) is 0 Å². The van der Waals surface area contributed by atoms with Crippen LogP contribution >= 0.6 is 39.1 Å². The number of benzene rings is 1. The minimum Gasteiger partial charge on any atom is -0.497 e. The van der Waals surface area contributed by atoms with Crippen molar-refractivity contribution in [3.8, 4) is 5.75 Å². The predicted molar refractivity (Wildman–Crippen MR) is 55.1 cm³/mol. The Morgan fingerprint density at radius 2 is 2.00 bits per heavy atom. The van der Waals surface area contributed by atoms with Gasteiger partial charge in [-0.05, 0) is 23.8 Å². The molecule has 12 heavy (non-hydrogen) atoms. The summed E-state index contributed by atoms with van der Waals surface area (Å²) in [7, 11) is 1.60. The van der Waals surface area contributed by atoms with Gasteiger partial charge in [0, 0.05) is 4.47 Å². The van der Waals surface area contributed by atoms with Crippen molar-refractivity contribution in [2.75, 3.05) is 7.11 Å². The molecule has 4 heteroatoms. The molecule has 0 unspecified atom stereocenters. The van der Waals surface area contributed by atoms with Crippen molar-refractivity contribution in [1.29, 1.82) is 0 Å². The third-order valence-electron chi connectivity index (χ3n) is 1.38. The van der Waals surface area contributed by atoms with Crippen molar-refractivity contribution in [1.82, 2.24) is 0 Å². The largest absolute Gasteiger partial charge is 0.497 e. The van der Waals surface area contributed by atoms with Crippen molar-refractivity contribution in [2.45, 2.75) is 4.84 Å². The fourth-order valence-corrected chi connectivity index (χ4v) is 1.57. The molecule has 0 aromatic heterocycles. The van der Waals surface area contributed by atoms with Gasteiger partial charge in [-0.1, -0.05) is 15.9 Å². The second-order valence-corrected chi connectivity index (χ2v) is 4.24. The van der Waals surface area contributed by atoms with E-state index in [2.05, 4.69) is 15.9 Å². The molecule has 0 amide bonds. The summed E-state index contributed by atoms with van der Waals surface area (Å²) in [6.45, 7) is 0. The molecule has 1 aromatic carbocycles. The van der Waals surface area contributed by atoms with Crippen LogP contribution in [0.15, 0.2) is 22.7 Å². The summed E-state index contributed by atoms with van der Waals surface area (Å²) in [5, 5.41) is 0.